The molecule has 1 unspecified atom stereocenters. The van der Waals surface area contributed by atoms with E-state index in [-0.39, 0.29) is 11.8 Å². The van der Waals surface area contributed by atoms with Gasteiger partial charge in [0.25, 0.3) is 5.91 Å². The van der Waals surface area contributed by atoms with E-state index in [0.717, 1.165) is 35.6 Å². The Balaban J connectivity index is 1.48. The molecule has 1 N–H and O–H groups in total. The highest BCUT2D eigenvalue weighted by Gasteiger charge is 2.26. The number of piperidine rings is 1. The van der Waals surface area contributed by atoms with Crippen LogP contribution in [-0.4, -0.2) is 33.9 Å². The molecule has 2 aromatic heterocycles. The van der Waals surface area contributed by atoms with Crippen LogP contribution in [0.2, 0.25) is 0 Å². The summed E-state index contributed by atoms with van der Waals surface area (Å²) in [5.74, 6) is 0.962. The van der Waals surface area contributed by atoms with Crippen molar-refractivity contribution in [3.63, 3.8) is 0 Å². The molecule has 132 valence electrons. The van der Waals surface area contributed by atoms with Gasteiger partial charge in [0.15, 0.2) is 0 Å². The zero-order valence-electron chi connectivity index (χ0n) is 14.3. The van der Waals surface area contributed by atoms with Gasteiger partial charge in [-0.1, -0.05) is 24.3 Å². The van der Waals surface area contributed by atoms with Gasteiger partial charge in [-0.25, -0.2) is 9.97 Å². The topological polar surface area (TPSA) is 58.1 Å². The van der Waals surface area contributed by atoms with Crippen molar-refractivity contribution in [3.8, 4) is 0 Å². The third-order valence-electron chi connectivity index (χ3n) is 4.57. The van der Waals surface area contributed by atoms with Crippen LogP contribution in [0.4, 0.5) is 11.6 Å². The van der Waals surface area contributed by atoms with Gasteiger partial charge in [-0.2, -0.15) is 0 Å². The summed E-state index contributed by atoms with van der Waals surface area (Å²) in [6.07, 6.45) is 3.82. The number of anilines is 2. The summed E-state index contributed by atoms with van der Waals surface area (Å²) in [6.45, 7) is 1.52. The van der Waals surface area contributed by atoms with Crippen molar-refractivity contribution in [3.05, 3.63) is 70.7 Å². The molecule has 0 bridgehead atoms. The maximum Gasteiger partial charge on any atom is 0.263 e. The van der Waals surface area contributed by atoms with Gasteiger partial charge in [-0.15, -0.1) is 11.3 Å². The third kappa shape index (κ3) is 3.75. The van der Waals surface area contributed by atoms with E-state index in [0.29, 0.717) is 12.5 Å². The Morgan fingerprint density at radius 1 is 1.15 bits per heavy atom. The number of carbonyl (C=O) groups excluding carboxylic acids is 1. The summed E-state index contributed by atoms with van der Waals surface area (Å²) in [4.78, 5) is 24.4. The molecule has 0 saturated carbocycles. The maximum absolute atomic E-state index is 12.6. The fourth-order valence-electron chi connectivity index (χ4n) is 3.27. The van der Waals surface area contributed by atoms with Crippen molar-refractivity contribution in [1.82, 2.24) is 14.9 Å². The molecule has 1 saturated heterocycles. The van der Waals surface area contributed by atoms with Crippen LogP contribution < -0.4 is 5.32 Å². The van der Waals surface area contributed by atoms with Gasteiger partial charge in [0.1, 0.15) is 0 Å². The number of amides is 1. The lowest BCUT2D eigenvalue weighted by molar-refractivity contribution is 0.0711. The molecular formula is C20H20N4OS. The largest absolute Gasteiger partial charge is 0.337 e. The van der Waals surface area contributed by atoms with Gasteiger partial charge >= 0.3 is 0 Å². The molecule has 4 rings (SSSR count). The van der Waals surface area contributed by atoms with Crippen LogP contribution in [0.15, 0.2) is 60.1 Å². The van der Waals surface area contributed by atoms with Crippen LogP contribution in [0.5, 0.6) is 0 Å². The molecule has 0 aliphatic carbocycles. The fourth-order valence-corrected chi connectivity index (χ4v) is 3.96. The molecule has 1 aliphatic heterocycles. The maximum atomic E-state index is 12.6. The molecule has 0 radical (unpaired) electrons. The quantitative estimate of drug-likeness (QED) is 0.750. The first-order valence-electron chi connectivity index (χ1n) is 8.77. The Kier molecular flexibility index (Phi) is 4.93. The number of para-hydroxylation sites is 1. The molecule has 1 atom stereocenters. The number of carbonyl (C=O) groups is 1. The van der Waals surface area contributed by atoms with Gasteiger partial charge in [-0.3, -0.25) is 4.79 Å². The first-order valence-corrected chi connectivity index (χ1v) is 9.65. The van der Waals surface area contributed by atoms with E-state index < -0.39 is 0 Å². The predicted octanol–water partition coefficient (Wildman–Crippen LogP) is 4.30. The van der Waals surface area contributed by atoms with Crippen LogP contribution in [0.25, 0.3) is 0 Å². The molecule has 1 aromatic carbocycles. The van der Waals surface area contributed by atoms with Crippen molar-refractivity contribution in [1.29, 1.82) is 0 Å². The number of nitrogens with one attached hydrogen (secondary N) is 1. The average molecular weight is 364 g/mol. The van der Waals surface area contributed by atoms with E-state index >= 15 is 0 Å². The molecule has 5 nitrogen and oxygen atoms in total. The second-order valence-electron chi connectivity index (χ2n) is 6.36. The number of thiophene rings is 1. The first kappa shape index (κ1) is 16.7. The van der Waals surface area contributed by atoms with Crippen molar-refractivity contribution in [2.45, 2.75) is 18.8 Å². The summed E-state index contributed by atoms with van der Waals surface area (Å²) < 4.78 is 0. The molecule has 3 heterocycles. The second-order valence-corrected chi connectivity index (χ2v) is 7.31. The van der Waals surface area contributed by atoms with Crippen LogP contribution in [0, 0.1) is 0 Å². The highest BCUT2D eigenvalue weighted by atomic mass is 32.1. The van der Waals surface area contributed by atoms with Crippen molar-refractivity contribution >= 4 is 28.9 Å². The lowest BCUT2D eigenvalue weighted by Gasteiger charge is -2.32. The van der Waals surface area contributed by atoms with Crippen LogP contribution >= 0.6 is 11.3 Å². The Bertz CT molecular complexity index is 867. The van der Waals surface area contributed by atoms with Gasteiger partial charge in [-0.05, 0) is 42.5 Å². The van der Waals surface area contributed by atoms with E-state index in [1.807, 2.05) is 58.8 Å². The monoisotopic (exact) mass is 364 g/mol. The van der Waals surface area contributed by atoms with Crippen molar-refractivity contribution in [2.75, 3.05) is 18.4 Å². The standard InChI is InChI=1S/C20H20N4OS/c25-19(18-9-5-13-26-18)24-12-4-6-15(14-24)17-10-11-21-20(23-17)22-16-7-2-1-3-8-16/h1-3,5,7-11,13,15H,4,6,12,14H2,(H,21,22,23). The zero-order chi connectivity index (χ0) is 17.8. The van der Waals surface area contributed by atoms with E-state index in [4.69, 9.17) is 4.98 Å². The fraction of sp³-hybridized carbons (Fsp3) is 0.250. The van der Waals surface area contributed by atoms with Crippen LogP contribution in [-0.2, 0) is 0 Å². The lowest BCUT2D eigenvalue weighted by Crippen LogP contribution is -2.39. The molecule has 6 heteroatoms. The minimum atomic E-state index is 0.126. The summed E-state index contributed by atoms with van der Waals surface area (Å²) in [7, 11) is 0. The summed E-state index contributed by atoms with van der Waals surface area (Å²) >= 11 is 1.50. The van der Waals surface area contributed by atoms with E-state index in [1.165, 1.54) is 11.3 Å². The lowest BCUT2D eigenvalue weighted by atomic mass is 9.94. The third-order valence-corrected chi connectivity index (χ3v) is 5.42. The van der Waals surface area contributed by atoms with Crippen LogP contribution in [0.1, 0.15) is 34.1 Å². The zero-order valence-corrected chi connectivity index (χ0v) is 15.2. The number of hydrogen-bond donors (Lipinski definition) is 1. The molecule has 26 heavy (non-hydrogen) atoms. The molecular weight excluding hydrogens is 344 g/mol. The van der Waals surface area contributed by atoms with E-state index in [9.17, 15) is 4.79 Å². The Hall–Kier alpha value is -2.73. The predicted molar refractivity (Wildman–Crippen MR) is 104 cm³/mol. The minimum absolute atomic E-state index is 0.126. The molecule has 1 fully saturated rings. The highest BCUT2D eigenvalue weighted by Crippen LogP contribution is 2.28. The number of nitrogens with zero attached hydrogens (tertiary/aromatic N) is 3. The summed E-state index contributed by atoms with van der Waals surface area (Å²) in [5.41, 5.74) is 1.95. The van der Waals surface area contributed by atoms with Gasteiger partial charge < -0.3 is 10.2 Å². The number of rotatable bonds is 4. The molecule has 1 aliphatic rings. The molecule has 3 aromatic rings. The van der Waals surface area contributed by atoms with E-state index in [2.05, 4.69) is 10.3 Å². The summed E-state index contributed by atoms with van der Waals surface area (Å²) in [5, 5.41) is 5.18. The van der Waals surface area contributed by atoms with Crippen molar-refractivity contribution in [2.24, 2.45) is 0 Å². The normalized spacial score (nSPS) is 17.1. The average Bonchev–Trinajstić information content (AvgIpc) is 3.23. The smallest absolute Gasteiger partial charge is 0.263 e. The van der Waals surface area contributed by atoms with Gasteiger partial charge in [0.2, 0.25) is 5.95 Å². The van der Waals surface area contributed by atoms with Gasteiger partial charge in [0.05, 0.1) is 10.6 Å². The SMILES string of the molecule is O=C(c1cccs1)N1CCCC(c2ccnc(Nc3ccccc3)n2)C1. The molecule has 1 amide bonds. The number of likely N-dealkylation sites (tertiary alicyclic amines) is 1. The van der Waals surface area contributed by atoms with Crippen LogP contribution in [0.3, 0.4) is 0 Å². The molecule has 0 spiro atoms. The van der Waals surface area contributed by atoms with Gasteiger partial charge in [0, 0.05) is 30.9 Å². The number of aromatic nitrogens is 2. The Labute approximate surface area is 156 Å². The number of benzene rings is 1. The minimum Gasteiger partial charge on any atom is -0.337 e. The first-order chi connectivity index (χ1) is 12.8. The summed E-state index contributed by atoms with van der Waals surface area (Å²) in [6, 6.07) is 15.7. The van der Waals surface area contributed by atoms with E-state index in [1.54, 1.807) is 6.20 Å². The highest BCUT2D eigenvalue weighted by molar-refractivity contribution is 7.12. The Morgan fingerprint density at radius 2 is 2.04 bits per heavy atom. The van der Waals surface area contributed by atoms with Crippen molar-refractivity contribution < 1.29 is 4.79 Å². The number of hydrogen-bond acceptors (Lipinski definition) is 5. The second kappa shape index (κ2) is 7.66. The Morgan fingerprint density at radius 3 is 2.85 bits per heavy atom.